The Morgan fingerprint density at radius 1 is 1.22 bits per heavy atom. The number of amides is 1. The Balaban J connectivity index is 1.92. The van der Waals surface area contributed by atoms with Crippen LogP contribution in [0, 0.1) is 5.82 Å². The molecule has 2 aromatic carbocycles. The second-order valence-electron chi connectivity index (χ2n) is 6.48. The van der Waals surface area contributed by atoms with Crippen LogP contribution >= 0.6 is 23.1 Å². The van der Waals surface area contributed by atoms with Crippen molar-refractivity contribution in [3.8, 4) is 0 Å². The molecule has 0 radical (unpaired) electrons. The third kappa shape index (κ3) is 4.86. The maximum Gasteiger partial charge on any atom is 0.260 e. The zero-order chi connectivity index (χ0) is 19.4. The maximum atomic E-state index is 13.5. The van der Waals surface area contributed by atoms with E-state index in [-0.39, 0.29) is 11.7 Å². The van der Waals surface area contributed by atoms with E-state index in [4.69, 9.17) is 0 Å². The number of carbonyl (C=O) groups excluding carboxylic acids is 1. The van der Waals surface area contributed by atoms with Crippen molar-refractivity contribution >= 4 is 44.4 Å². The predicted molar refractivity (Wildman–Crippen MR) is 112 cm³/mol. The van der Waals surface area contributed by atoms with Gasteiger partial charge in [-0.1, -0.05) is 18.3 Å². The molecular formula is C20H23FN3OS2+. The van der Waals surface area contributed by atoms with Gasteiger partial charge in [-0.3, -0.25) is 9.69 Å². The molecule has 1 N–H and O–H groups in total. The number of aromatic nitrogens is 1. The van der Waals surface area contributed by atoms with Gasteiger partial charge in [-0.05, 0) is 48.2 Å². The van der Waals surface area contributed by atoms with E-state index >= 15 is 0 Å². The molecule has 0 atom stereocenters. The monoisotopic (exact) mass is 404 g/mol. The molecule has 0 aliphatic rings. The van der Waals surface area contributed by atoms with Crippen molar-refractivity contribution in [1.82, 2.24) is 4.98 Å². The lowest BCUT2D eigenvalue weighted by Crippen LogP contribution is -3.06. The smallest absolute Gasteiger partial charge is 0.260 e. The summed E-state index contributed by atoms with van der Waals surface area (Å²) in [5, 5.41) is 0.605. The molecule has 27 heavy (non-hydrogen) atoms. The zero-order valence-electron chi connectivity index (χ0n) is 15.7. The quantitative estimate of drug-likeness (QED) is 0.614. The Labute approximate surface area is 167 Å². The molecule has 0 aliphatic heterocycles. The summed E-state index contributed by atoms with van der Waals surface area (Å²) in [5.41, 5.74) is 1.34. The third-order valence-electron chi connectivity index (χ3n) is 4.06. The second kappa shape index (κ2) is 8.82. The van der Waals surface area contributed by atoms with Crippen LogP contribution in [-0.4, -0.2) is 43.8 Å². The molecule has 3 rings (SSSR count). The van der Waals surface area contributed by atoms with E-state index in [9.17, 15) is 9.18 Å². The van der Waals surface area contributed by atoms with Crippen LogP contribution in [0.2, 0.25) is 0 Å². The highest BCUT2D eigenvalue weighted by Gasteiger charge is 2.22. The lowest BCUT2D eigenvalue weighted by atomic mass is 10.2. The van der Waals surface area contributed by atoms with E-state index in [1.807, 2.05) is 38.4 Å². The standard InChI is InChI=1S/C20H22FN3OS2/c1-4-26-16-8-5-14(6-9-16)19(25)24(12-11-23(2)3)20-22-17-10-7-15(21)13-18(17)27-20/h5-10,13H,4,11-12H2,1-3H3/p+1. The number of anilines is 1. The summed E-state index contributed by atoms with van der Waals surface area (Å²) in [5.74, 6) is 0.619. The first-order chi connectivity index (χ1) is 13.0. The van der Waals surface area contributed by atoms with Crippen LogP contribution in [0.4, 0.5) is 9.52 Å². The number of nitrogens with zero attached hydrogens (tertiary/aromatic N) is 2. The van der Waals surface area contributed by atoms with Gasteiger partial charge in [0.2, 0.25) is 0 Å². The summed E-state index contributed by atoms with van der Waals surface area (Å²) in [4.78, 5) is 21.8. The molecule has 0 fully saturated rings. The number of rotatable bonds is 7. The average Bonchev–Trinajstić information content (AvgIpc) is 3.05. The fraction of sp³-hybridized carbons (Fsp3) is 0.300. The van der Waals surface area contributed by atoms with Gasteiger partial charge in [0, 0.05) is 10.5 Å². The van der Waals surface area contributed by atoms with Gasteiger partial charge in [0.25, 0.3) is 5.91 Å². The predicted octanol–water partition coefficient (Wildman–Crippen LogP) is 3.34. The number of benzene rings is 2. The van der Waals surface area contributed by atoms with Gasteiger partial charge in [0.05, 0.1) is 37.4 Å². The van der Waals surface area contributed by atoms with Crippen molar-refractivity contribution in [3.05, 3.63) is 53.8 Å². The van der Waals surface area contributed by atoms with Crippen LogP contribution in [-0.2, 0) is 0 Å². The molecule has 0 aliphatic carbocycles. The molecule has 1 heterocycles. The van der Waals surface area contributed by atoms with E-state index in [0.717, 1.165) is 21.9 Å². The highest BCUT2D eigenvalue weighted by molar-refractivity contribution is 7.99. The first kappa shape index (κ1) is 19.8. The first-order valence-electron chi connectivity index (χ1n) is 8.87. The zero-order valence-corrected chi connectivity index (χ0v) is 17.3. The van der Waals surface area contributed by atoms with Crippen molar-refractivity contribution in [3.63, 3.8) is 0 Å². The summed E-state index contributed by atoms with van der Waals surface area (Å²) in [6.45, 7) is 3.44. The van der Waals surface area contributed by atoms with Crippen LogP contribution in [0.25, 0.3) is 10.2 Å². The van der Waals surface area contributed by atoms with Crippen molar-refractivity contribution in [2.75, 3.05) is 37.8 Å². The van der Waals surface area contributed by atoms with Gasteiger partial charge in [-0.15, -0.1) is 11.8 Å². The SMILES string of the molecule is CCSc1ccc(C(=O)N(CC[NH+](C)C)c2nc3ccc(F)cc3s2)cc1. The molecule has 3 aromatic rings. The number of halogens is 1. The molecule has 0 spiro atoms. The summed E-state index contributed by atoms with van der Waals surface area (Å²) < 4.78 is 14.3. The molecule has 0 saturated heterocycles. The number of fused-ring (bicyclic) bond motifs is 1. The highest BCUT2D eigenvalue weighted by Crippen LogP contribution is 2.30. The third-order valence-corrected chi connectivity index (χ3v) is 6.00. The highest BCUT2D eigenvalue weighted by atomic mass is 32.2. The minimum atomic E-state index is -0.294. The lowest BCUT2D eigenvalue weighted by molar-refractivity contribution is -0.856. The summed E-state index contributed by atoms with van der Waals surface area (Å²) >= 11 is 3.09. The van der Waals surface area contributed by atoms with E-state index in [1.54, 1.807) is 22.7 Å². The van der Waals surface area contributed by atoms with Gasteiger partial charge in [0.1, 0.15) is 5.82 Å². The van der Waals surface area contributed by atoms with Gasteiger partial charge >= 0.3 is 0 Å². The van der Waals surface area contributed by atoms with Crippen molar-refractivity contribution in [2.45, 2.75) is 11.8 Å². The van der Waals surface area contributed by atoms with Crippen LogP contribution in [0.1, 0.15) is 17.3 Å². The second-order valence-corrected chi connectivity index (χ2v) is 8.83. The molecule has 142 valence electrons. The number of carbonyl (C=O) groups is 1. The van der Waals surface area contributed by atoms with E-state index in [0.29, 0.717) is 22.8 Å². The number of likely N-dealkylation sites (N-methyl/N-ethyl adjacent to an activating group) is 1. The molecular weight excluding hydrogens is 381 g/mol. The minimum Gasteiger partial charge on any atom is -0.338 e. The Kier molecular flexibility index (Phi) is 6.46. The first-order valence-corrected chi connectivity index (χ1v) is 10.7. The number of hydrogen-bond acceptors (Lipinski definition) is 4. The van der Waals surface area contributed by atoms with Gasteiger partial charge in [-0.25, -0.2) is 9.37 Å². The van der Waals surface area contributed by atoms with E-state index < -0.39 is 0 Å². The number of nitrogens with one attached hydrogen (secondary N) is 1. The number of quaternary nitrogens is 1. The van der Waals surface area contributed by atoms with E-state index in [1.165, 1.54) is 28.4 Å². The summed E-state index contributed by atoms with van der Waals surface area (Å²) in [6.07, 6.45) is 0. The normalized spacial score (nSPS) is 11.3. The fourth-order valence-electron chi connectivity index (χ4n) is 2.64. The van der Waals surface area contributed by atoms with Gasteiger partial charge in [0.15, 0.2) is 5.13 Å². The molecule has 4 nitrogen and oxygen atoms in total. The lowest BCUT2D eigenvalue weighted by Gasteiger charge is -2.20. The summed E-state index contributed by atoms with van der Waals surface area (Å²) in [7, 11) is 4.10. The molecule has 0 unspecified atom stereocenters. The minimum absolute atomic E-state index is 0.0798. The number of hydrogen-bond donors (Lipinski definition) is 1. The topological polar surface area (TPSA) is 37.6 Å². The number of thioether (sulfide) groups is 1. The Morgan fingerprint density at radius 2 is 1.96 bits per heavy atom. The maximum absolute atomic E-state index is 13.5. The fourth-order valence-corrected chi connectivity index (χ4v) is 4.31. The van der Waals surface area contributed by atoms with E-state index in [2.05, 4.69) is 11.9 Å². The molecule has 0 bridgehead atoms. The Hall–Kier alpha value is -1.96. The van der Waals surface area contributed by atoms with Crippen LogP contribution in [0.5, 0.6) is 0 Å². The molecule has 0 saturated carbocycles. The van der Waals surface area contributed by atoms with Gasteiger partial charge in [-0.2, -0.15) is 0 Å². The Morgan fingerprint density at radius 3 is 2.63 bits per heavy atom. The van der Waals surface area contributed by atoms with Crippen molar-refractivity contribution in [2.24, 2.45) is 0 Å². The van der Waals surface area contributed by atoms with Crippen molar-refractivity contribution in [1.29, 1.82) is 0 Å². The molecule has 7 heteroatoms. The largest absolute Gasteiger partial charge is 0.338 e. The van der Waals surface area contributed by atoms with Gasteiger partial charge < -0.3 is 4.90 Å². The van der Waals surface area contributed by atoms with Crippen LogP contribution < -0.4 is 9.80 Å². The number of thiazole rings is 1. The van der Waals surface area contributed by atoms with Crippen molar-refractivity contribution < 1.29 is 14.1 Å². The van der Waals surface area contributed by atoms with Crippen LogP contribution in [0.3, 0.4) is 0 Å². The molecule has 1 aromatic heterocycles. The average molecular weight is 405 g/mol. The molecule has 1 amide bonds. The summed E-state index contributed by atoms with van der Waals surface area (Å²) in [6, 6.07) is 12.2. The van der Waals surface area contributed by atoms with Crippen LogP contribution in [0.15, 0.2) is 47.4 Å². The Bertz CT molecular complexity index is 925.